The number of aromatic amines is 1. The maximum atomic E-state index is 13.7. The van der Waals surface area contributed by atoms with Crippen molar-refractivity contribution in [2.75, 3.05) is 58.3 Å². The lowest BCUT2D eigenvalue weighted by Gasteiger charge is -2.36. The van der Waals surface area contributed by atoms with Crippen LogP contribution in [0.5, 0.6) is 0 Å². The number of nitrogens with one attached hydrogen (secondary N) is 2. The lowest BCUT2D eigenvalue weighted by Crippen LogP contribution is -2.51. The number of halogens is 1. The highest BCUT2D eigenvalue weighted by Crippen LogP contribution is 2.31. The van der Waals surface area contributed by atoms with Crippen LogP contribution in [0.3, 0.4) is 0 Å². The highest BCUT2D eigenvalue weighted by Gasteiger charge is 2.32. The summed E-state index contributed by atoms with van der Waals surface area (Å²) in [6, 6.07) is 8.07. The van der Waals surface area contributed by atoms with Gasteiger partial charge in [-0.1, -0.05) is 0 Å². The molecule has 0 atom stereocenters. The predicted octanol–water partition coefficient (Wildman–Crippen LogP) is 2.80. The van der Waals surface area contributed by atoms with E-state index in [1.807, 2.05) is 11.0 Å². The van der Waals surface area contributed by atoms with Gasteiger partial charge in [0.2, 0.25) is 11.9 Å². The molecule has 39 heavy (non-hydrogen) atoms. The monoisotopic (exact) mass is 535 g/mol. The Morgan fingerprint density at radius 1 is 1.08 bits per heavy atom. The van der Waals surface area contributed by atoms with Gasteiger partial charge < -0.3 is 29.6 Å². The summed E-state index contributed by atoms with van der Waals surface area (Å²) in [5.41, 5.74) is 2.83. The number of piperazine rings is 1. The van der Waals surface area contributed by atoms with Crippen LogP contribution >= 0.6 is 0 Å². The molecule has 6 rings (SSSR count). The van der Waals surface area contributed by atoms with Crippen molar-refractivity contribution >= 4 is 11.9 Å². The van der Waals surface area contributed by atoms with Gasteiger partial charge in [0.05, 0.1) is 42.6 Å². The molecule has 2 aromatic heterocycles. The number of H-pyrrole nitrogens is 1. The molecule has 1 saturated carbocycles. The molecular formula is C28H34FN7O3. The molecular weight excluding hydrogens is 501 g/mol. The van der Waals surface area contributed by atoms with Crippen molar-refractivity contribution in [3.05, 3.63) is 48.2 Å². The Morgan fingerprint density at radius 3 is 2.54 bits per heavy atom. The van der Waals surface area contributed by atoms with Gasteiger partial charge in [-0.25, -0.2) is 19.3 Å². The second-order valence-corrected chi connectivity index (χ2v) is 10.6. The summed E-state index contributed by atoms with van der Waals surface area (Å²) in [5, 5.41) is 3.32. The highest BCUT2D eigenvalue weighted by atomic mass is 19.1. The largest absolute Gasteiger partial charge is 0.354 e. The summed E-state index contributed by atoms with van der Waals surface area (Å²) in [6.07, 6.45) is 4.05. The number of amides is 1. The first-order valence-corrected chi connectivity index (χ1v) is 13.6. The maximum Gasteiger partial charge on any atom is 0.230 e. The molecule has 3 aromatic rings. The normalized spacial score (nSPS) is 22.2. The van der Waals surface area contributed by atoms with E-state index in [0.29, 0.717) is 54.4 Å². The van der Waals surface area contributed by atoms with Crippen LogP contribution in [0.15, 0.2) is 36.5 Å². The Bertz CT molecular complexity index is 1280. The predicted molar refractivity (Wildman–Crippen MR) is 143 cm³/mol. The van der Waals surface area contributed by atoms with Gasteiger partial charge in [-0.3, -0.25) is 4.79 Å². The third-order valence-corrected chi connectivity index (χ3v) is 7.52. The molecule has 1 aliphatic carbocycles. The van der Waals surface area contributed by atoms with Crippen LogP contribution in [0.4, 0.5) is 10.3 Å². The van der Waals surface area contributed by atoms with Gasteiger partial charge >= 0.3 is 0 Å². The highest BCUT2D eigenvalue weighted by molar-refractivity contribution is 5.79. The lowest BCUT2D eigenvalue weighted by molar-refractivity contribution is -0.204. The number of anilines is 1. The van der Waals surface area contributed by atoms with Crippen LogP contribution in [0, 0.1) is 17.7 Å². The quantitative estimate of drug-likeness (QED) is 0.454. The lowest BCUT2D eigenvalue weighted by atomic mass is 10.1. The topological polar surface area (TPSA) is 109 Å². The van der Waals surface area contributed by atoms with Crippen molar-refractivity contribution in [3.63, 3.8) is 0 Å². The zero-order chi connectivity index (χ0) is 26.8. The van der Waals surface area contributed by atoms with E-state index in [2.05, 4.69) is 27.2 Å². The fourth-order valence-electron chi connectivity index (χ4n) is 4.91. The van der Waals surface area contributed by atoms with E-state index in [4.69, 9.17) is 19.4 Å². The first kappa shape index (κ1) is 25.8. The average molecular weight is 536 g/mol. The zero-order valence-electron chi connectivity index (χ0n) is 22.1. The molecule has 1 aromatic carbocycles. The first-order chi connectivity index (χ1) is 19.0. The van der Waals surface area contributed by atoms with Crippen molar-refractivity contribution in [2.45, 2.75) is 25.6 Å². The second-order valence-electron chi connectivity index (χ2n) is 10.6. The molecule has 0 bridgehead atoms. The number of aromatic nitrogens is 4. The minimum atomic E-state index is -0.525. The van der Waals surface area contributed by atoms with Crippen molar-refractivity contribution in [1.29, 1.82) is 0 Å². The molecule has 4 heterocycles. The summed E-state index contributed by atoms with van der Waals surface area (Å²) in [6.45, 7) is 4.72. The van der Waals surface area contributed by atoms with E-state index in [9.17, 15) is 9.18 Å². The van der Waals surface area contributed by atoms with E-state index < -0.39 is 6.29 Å². The Hall–Kier alpha value is -3.41. The number of imidazole rings is 1. The van der Waals surface area contributed by atoms with E-state index >= 15 is 0 Å². The number of hydrogen-bond donors (Lipinski definition) is 2. The number of rotatable bonds is 8. The maximum absolute atomic E-state index is 13.7. The molecule has 11 heteroatoms. The van der Waals surface area contributed by atoms with Gasteiger partial charge in [-0.2, -0.15) is 0 Å². The summed E-state index contributed by atoms with van der Waals surface area (Å²) in [4.78, 5) is 34.3. The van der Waals surface area contributed by atoms with Gasteiger partial charge in [0, 0.05) is 44.5 Å². The summed E-state index contributed by atoms with van der Waals surface area (Å²) < 4.78 is 25.6. The number of ether oxygens (including phenoxy) is 2. The van der Waals surface area contributed by atoms with Crippen molar-refractivity contribution < 1.29 is 18.7 Å². The second kappa shape index (κ2) is 11.4. The van der Waals surface area contributed by atoms with Gasteiger partial charge in [0.15, 0.2) is 6.29 Å². The third kappa shape index (κ3) is 6.26. The van der Waals surface area contributed by atoms with Gasteiger partial charge in [0.1, 0.15) is 11.6 Å². The van der Waals surface area contributed by atoms with E-state index in [1.54, 1.807) is 18.3 Å². The average Bonchev–Trinajstić information content (AvgIpc) is 3.71. The Balaban J connectivity index is 1.16. The van der Waals surface area contributed by atoms with E-state index in [0.717, 1.165) is 38.3 Å². The first-order valence-electron chi connectivity index (χ1n) is 13.6. The minimum Gasteiger partial charge on any atom is -0.354 e. The van der Waals surface area contributed by atoms with Crippen LogP contribution in [0.2, 0.25) is 0 Å². The molecule has 2 aliphatic heterocycles. The molecule has 3 fully saturated rings. The number of likely N-dealkylation sites (N-methyl/N-ethyl adjacent to an activating group) is 1. The van der Waals surface area contributed by atoms with Crippen LogP contribution in [-0.4, -0.2) is 94.9 Å². The van der Waals surface area contributed by atoms with Crippen molar-refractivity contribution in [3.8, 4) is 22.6 Å². The van der Waals surface area contributed by atoms with E-state index in [1.165, 1.54) is 25.0 Å². The van der Waals surface area contributed by atoms with Crippen molar-refractivity contribution in [1.82, 2.24) is 29.7 Å². The molecule has 2 saturated heterocycles. The van der Waals surface area contributed by atoms with Gasteiger partial charge in [-0.15, -0.1) is 0 Å². The number of carbonyl (C=O) groups is 1. The summed E-state index contributed by atoms with van der Waals surface area (Å²) in [7, 11) is 2.07. The standard InChI is InChI=1S/C28H34FN7O3/c1-35-10-12-36(13-11-35)27(37)20-16-38-24(39-17-20)14-23-33-25(19-4-6-21(29)7-5-19)26(34-23)22-8-9-30-28(32-22)31-15-18-2-3-18/h4-9,18,20,24H,2-3,10-17H2,1H3,(H,33,34)(H,30,31,32). The molecule has 3 aliphatic rings. The molecule has 0 unspecified atom stereocenters. The molecule has 206 valence electrons. The molecule has 2 N–H and O–H groups in total. The summed E-state index contributed by atoms with van der Waals surface area (Å²) >= 11 is 0. The number of hydrogen-bond acceptors (Lipinski definition) is 8. The number of nitrogens with zero attached hydrogens (tertiary/aromatic N) is 5. The van der Waals surface area contributed by atoms with Gasteiger partial charge in [-0.05, 0) is 56.1 Å². The van der Waals surface area contributed by atoms with Crippen LogP contribution in [0.25, 0.3) is 22.6 Å². The number of benzene rings is 1. The smallest absolute Gasteiger partial charge is 0.230 e. The third-order valence-electron chi connectivity index (χ3n) is 7.52. The van der Waals surface area contributed by atoms with Crippen molar-refractivity contribution in [2.24, 2.45) is 11.8 Å². The van der Waals surface area contributed by atoms with Crippen LogP contribution in [0.1, 0.15) is 18.7 Å². The fraction of sp³-hybridized carbons (Fsp3) is 0.500. The molecule has 10 nitrogen and oxygen atoms in total. The Labute approximate surface area is 226 Å². The Kier molecular flexibility index (Phi) is 7.53. The van der Waals surface area contributed by atoms with E-state index in [-0.39, 0.29) is 17.6 Å². The minimum absolute atomic E-state index is 0.0929. The molecule has 0 radical (unpaired) electrons. The molecule has 0 spiro atoms. The summed E-state index contributed by atoms with van der Waals surface area (Å²) in [5.74, 6) is 1.40. The number of carbonyl (C=O) groups excluding carboxylic acids is 1. The van der Waals surface area contributed by atoms with Gasteiger partial charge in [0.25, 0.3) is 0 Å². The Morgan fingerprint density at radius 2 is 1.82 bits per heavy atom. The SMILES string of the molecule is CN1CCN(C(=O)C2COC(Cc3nc(-c4ccc(F)cc4)c(-c4ccnc(NCC5CC5)n4)[nH]3)OC2)CC1. The zero-order valence-corrected chi connectivity index (χ0v) is 22.1. The molecule has 1 amide bonds. The fourth-order valence-corrected chi connectivity index (χ4v) is 4.91. The van der Waals surface area contributed by atoms with Crippen LogP contribution in [-0.2, 0) is 20.7 Å². The van der Waals surface area contributed by atoms with Crippen LogP contribution < -0.4 is 5.32 Å².